The molecule has 0 aromatic rings. The maximum absolute atomic E-state index is 3.03. The number of hydrogen-bond acceptors (Lipinski definition) is 0. The van der Waals surface area contributed by atoms with Crippen molar-refractivity contribution in [2.75, 3.05) is 6.66 Å². The van der Waals surface area contributed by atoms with Gasteiger partial charge < -0.3 is 0 Å². The lowest BCUT2D eigenvalue weighted by Gasteiger charge is -2.26. The van der Waals surface area contributed by atoms with E-state index >= 15 is 0 Å². The molecule has 0 bridgehead atoms. The third kappa shape index (κ3) is 5.57. The molecule has 0 aromatic heterocycles. The molecule has 0 amide bonds. The first-order valence-corrected chi connectivity index (χ1v) is 18.4. The lowest BCUT2D eigenvalue weighted by atomic mass is 12.0. The van der Waals surface area contributed by atoms with E-state index in [1.165, 1.54) is 0 Å². The summed E-state index contributed by atoms with van der Waals surface area (Å²) in [4.78, 5) is 0. The highest BCUT2D eigenvalue weighted by Crippen LogP contribution is 3.05. The van der Waals surface area contributed by atoms with Crippen molar-refractivity contribution in [1.29, 1.82) is 0 Å². The van der Waals surface area contributed by atoms with Crippen LogP contribution in [0, 0.1) is 0 Å². The monoisotopic (exact) mass is 304 g/mol. The van der Waals surface area contributed by atoms with E-state index in [0.717, 1.165) is 0 Å². The van der Waals surface area contributed by atoms with Gasteiger partial charge >= 0.3 is 0 Å². The SMILES string of the molecule is CP(P(P)P)P(P)P(P)P. The van der Waals surface area contributed by atoms with E-state index in [1.54, 1.807) is 0 Å². The Morgan fingerprint density at radius 3 is 1.30 bits per heavy atom. The zero-order valence-electron chi connectivity index (χ0n) is 5.68. The standard InChI is InChI=1S/CH13P9/c1-7(8(2)3)10(6)9(4)5/h2-6H2,1H3. The van der Waals surface area contributed by atoms with Gasteiger partial charge in [-0.1, -0.05) is 0 Å². The molecular weight excluding hydrogens is 291 g/mol. The zero-order chi connectivity index (χ0) is 8.31. The highest BCUT2D eigenvalue weighted by Gasteiger charge is 2.17. The van der Waals surface area contributed by atoms with E-state index in [1.807, 2.05) is 0 Å². The van der Waals surface area contributed by atoms with Crippen molar-refractivity contribution in [2.24, 2.45) is 0 Å². The summed E-state index contributed by atoms with van der Waals surface area (Å²) < 4.78 is 0. The van der Waals surface area contributed by atoms with E-state index in [-0.39, 0.29) is 28.3 Å². The summed E-state index contributed by atoms with van der Waals surface area (Å²) in [7, 11) is 15.0. The molecule has 10 heavy (non-hydrogen) atoms. The Morgan fingerprint density at radius 2 is 1.20 bits per heavy atom. The van der Waals surface area contributed by atoms with Crippen molar-refractivity contribution in [3.05, 3.63) is 0 Å². The fourth-order valence-electron chi connectivity index (χ4n) is 0.255. The molecular formula is CH13P9. The summed E-state index contributed by atoms with van der Waals surface area (Å²) in [5.41, 5.74) is 0. The molecule has 0 aliphatic carbocycles. The van der Waals surface area contributed by atoms with Crippen LogP contribution in [0.3, 0.4) is 0 Å². The van der Waals surface area contributed by atoms with E-state index in [9.17, 15) is 0 Å². The molecule has 0 saturated heterocycles. The molecule has 0 rings (SSSR count). The van der Waals surface area contributed by atoms with Crippen LogP contribution in [0.1, 0.15) is 0 Å². The average Bonchev–Trinajstić information content (AvgIpc) is 1.84. The van der Waals surface area contributed by atoms with Gasteiger partial charge in [0.25, 0.3) is 0 Å². The van der Waals surface area contributed by atoms with Crippen molar-refractivity contribution in [2.45, 2.75) is 0 Å². The Labute approximate surface area is 79.5 Å². The summed E-state index contributed by atoms with van der Waals surface area (Å²) in [5.74, 6) is 0. The van der Waals surface area contributed by atoms with Crippen molar-refractivity contribution in [3.63, 3.8) is 0 Å². The molecule has 0 nitrogen and oxygen atoms in total. The Bertz CT molecular complexity index is 74.7. The van der Waals surface area contributed by atoms with Crippen LogP contribution in [0.4, 0.5) is 0 Å². The lowest BCUT2D eigenvalue weighted by molar-refractivity contribution is 2.50. The number of rotatable bonds is 3. The predicted octanol–water partition coefficient (Wildman–Crippen LogP) is 5.24. The van der Waals surface area contributed by atoms with Gasteiger partial charge in [0.15, 0.2) is 0 Å². The summed E-state index contributed by atoms with van der Waals surface area (Å²) in [6.07, 6.45) is 0. The molecule has 0 saturated carbocycles. The van der Waals surface area contributed by atoms with E-state index in [4.69, 9.17) is 0 Å². The van der Waals surface area contributed by atoms with Crippen LogP contribution < -0.4 is 0 Å². The molecule has 9 heteroatoms. The van der Waals surface area contributed by atoms with Crippen LogP contribution >= 0.6 is 72.9 Å². The summed E-state index contributed by atoms with van der Waals surface area (Å²) in [6, 6.07) is 0. The Kier molecular flexibility index (Phi) is 9.99. The summed E-state index contributed by atoms with van der Waals surface area (Å²) >= 11 is 0. The molecule has 0 heterocycles. The molecule has 0 fully saturated rings. The largest absolute Gasteiger partial charge is 0.102 e. The minimum Gasteiger partial charge on any atom is -0.102 e. The summed E-state index contributed by atoms with van der Waals surface area (Å²) in [6.45, 7) is 2.93. The topological polar surface area (TPSA) is 0 Å². The second kappa shape index (κ2) is 7.20. The zero-order valence-corrected chi connectivity index (χ0v) is 15.0. The fraction of sp³-hybridized carbons (Fsp3) is 1.00. The van der Waals surface area contributed by atoms with Gasteiger partial charge in [-0.2, -0.15) is 0 Å². The van der Waals surface area contributed by atoms with E-state index in [2.05, 4.69) is 51.3 Å². The van der Waals surface area contributed by atoms with E-state index in [0.29, 0.717) is 0 Å². The van der Waals surface area contributed by atoms with E-state index < -0.39 is 0 Å². The molecule has 0 aliphatic heterocycles. The molecule has 62 valence electrons. The highest BCUT2D eigenvalue weighted by molar-refractivity contribution is 9.07. The van der Waals surface area contributed by atoms with Crippen molar-refractivity contribution >= 4 is 72.9 Å². The van der Waals surface area contributed by atoms with Crippen LogP contribution in [-0.2, 0) is 0 Å². The molecule has 7 unspecified atom stereocenters. The van der Waals surface area contributed by atoms with Crippen molar-refractivity contribution < 1.29 is 0 Å². The van der Waals surface area contributed by atoms with Gasteiger partial charge in [0.1, 0.15) is 0 Å². The van der Waals surface area contributed by atoms with Gasteiger partial charge in [-0.05, 0) is 34.9 Å². The minimum absolute atomic E-state index is 0.146. The van der Waals surface area contributed by atoms with Crippen molar-refractivity contribution in [1.82, 2.24) is 0 Å². The van der Waals surface area contributed by atoms with Gasteiger partial charge in [0.2, 0.25) is 0 Å². The van der Waals surface area contributed by atoms with Gasteiger partial charge in [-0.15, -0.1) is 44.6 Å². The smallest absolute Gasteiger partial charge is 0.0247 e. The van der Waals surface area contributed by atoms with Crippen LogP contribution in [0.5, 0.6) is 0 Å². The molecule has 0 aromatic carbocycles. The quantitative estimate of drug-likeness (QED) is 0.626. The molecule has 0 N–H and O–H groups in total. The second-order valence-corrected chi connectivity index (χ2v) is 35.2. The highest BCUT2D eigenvalue weighted by atomic mass is 33.1. The Balaban J connectivity index is 3.81. The van der Waals surface area contributed by atoms with Crippen LogP contribution in [0.15, 0.2) is 0 Å². The average molecular weight is 304 g/mol. The molecule has 0 radical (unpaired) electrons. The predicted molar refractivity (Wildman–Crippen MR) is 82.2 cm³/mol. The lowest BCUT2D eigenvalue weighted by Crippen LogP contribution is -1.46. The first-order valence-electron chi connectivity index (χ1n) is 2.34. The first kappa shape index (κ1) is 13.9. The molecule has 0 aliphatic rings. The maximum Gasteiger partial charge on any atom is -0.0247 e. The molecule has 7 atom stereocenters. The number of hydrogen-bond donors (Lipinski definition) is 0. The van der Waals surface area contributed by atoms with Crippen molar-refractivity contribution in [3.8, 4) is 0 Å². The summed E-state index contributed by atoms with van der Waals surface area (Å²) in [5, 5.41) is 0. The Hall–Kier alpha value is 3.87. The first-order chi connectivity index (χ1) is 4.46. The fourth-order valence-corrected chi connectivity index (χ4v) is 45.3. The van der Waals surface area contributed by atoms with Gasteiger partial charge in [-0.25, -0.2) is 0 Å². The Morgan fingerprint density at radius 1 is 0.800 bits per heavy atom. The molecule has 0 spiro atoms. The van der Waals surface area contributed by atoms with Crippen LogP contribution in [0.25, 0.3) is 0 Å². The van der Waals surface area contributed by atoms with Gasteiger partial charge in [0.05, 0.1) is 0 Å². The van der Waals surface area contributed by atoms with Gasteiger partial charge in [0, 0.05) is 0 Å². The second-order valence-electron chi connectivity index (χ2n) is 1.57. The minimum atomic E-state index is 0.146. The van der Waals surface area contributed by atoms with Crippen LogP contribution in [-0.4, -0.2) is 6.66 Å². The normalized spacial score (nSPS) is 18.0. The van der Waals surface area contributed by atoms with Crippen LogP contribution in [0.2, 0.25) is 0 Å². The van der Waals surface area contributed by atoms with Gasteiger partial charge in [-0.3, -0.25) is 0 Å². The third-order valence-corrected chi connectivity index (χ3v) is 46.7. The maximum atomic E-state index is 3.03. The third-order valence-electron chi connectivity index (χ3n) is 0.867.